The molecule has 2 aromatic rings. The zero-order valence-corrected chi connectivity index (χ0v) is 13.9. The van der Waals surface area contributed by atoms with Crippen molar-refractivity contribution in [2.24, 2.45) is 5.73 Å². The van der Waals surface area contributed by atoms with Gasteiger partial charge in [0.05, 0.1) is 5.02 Å². The van der Waals surface area contributed by atoms with Crippen molar-refractivity contribution in [2.45, 2.75) is 26.0 Å². The molecule has 21 heavy (non-hydrogen) atoms. The largest absolute Gasteiger partial charge is 0.487 e. The molecular formula is C16H16BrClFNO. The normalized spacial score (nSPS) is 12.2. The number of para-hydroxylation sites is 1. The fourth-order valence-electron chi connectivity index (χ4n) is 2.07. The van der Waals surface area contributed by atoms with Gasteiger partial charge in [0.25, 0.3) is 0 Å². The summed E-state index contributed by atoms with van der Waals surface area (Å²) in [6.45, 7) is 2.17. The first-order chi connectivity index (χ1) is 9.95. The highest BCUT2D eigenvalue weighted by Crippen LogP contribution is 2.30. The summed E-state index contributed by atoms with van der Waals surface area (Å²) in [7, 11) is 0. The molecule has 0 spiro atoms. The van der Waals surface area contributed by atoms with E-state index >= 15 is 0 Å². The van der Waals surface area contributed by atoms with Crippen LogP contribution in [0.2, 0.25) is 5.02 Å². The van der Waals surface area contributed by atoms with Crippen LogP contribution >= 0.6 is 27.5 Å². The van der Waals surface area contributed by atoms with Gasteiger partial charge in [-0.2, -0.15) is 0 Å². The maximum absolute atomic E-state index is 13.4. The molecule has 0 bridgehead atoms. The van der Waals surface area contributed by atoms with E-state index in [9.17, 15) is 4.39 Å². The third-order valence-corrected chi connectivity index (χ3v) is 3.65. The predicted molar refractivity (Wildman–Crippen MR) is 87.2 cm³/mol. The lowest BCUT2D eigenvalue weighted by Crippen LogP contribution is -2.18. The van der Waals surface area contributed by atoms with E-state index in [1.165, 1.54) is 12.1 Å². The van der Waals surface area contributed by atoms with Gasteiger partial charge in [0.15, 0.2) is 0 Å². The summed E-state index contributed by atoms with van der Waals surface area (Å²) in [5, 5.41) is 0.531. The van der Waals surface area contributed by atoms with Crippen molar-refractivity contribution in [1.29, 1.82) is 0 Å². The summed E-state index contributed by atoms with van der Waals surface area (Å²) in [6.07, 6.45) is 0.669. The SMILES string of the molecule is CC(N)Cc1cccc(Cl)c1OCc1cc(F)cc(Br)c1. The highest BCUT2D eigenvalue weighted by atomic mass is 79.9. The molecule has 1 atom stereocenters. The molecule has 1 unspecified atom stereocenters. The molecular weight excluding hydrogens is 357 g/mol. The van der Waals surface area contributed by atoms with Gasteiger partial charge in [0.2, 0.25) is 0 Å². The lowest BCUT2D eigenvalue weighted by Gasteiger charge is -2.15. The molecule has 0 heterocycles. The molecule has 0 fully saturated rings. The van der Waals surface area contributed by atoms with Crippen molar-refractivity contribution < 1.29 is 9.13 Å². The summed E-state index contributed by atoms with van der Waals surface area (Å²) in [6, 6.07) is 10.2. The van der Waals surface area contributed by atoms with Crippen LogP contribution in [-0.2, 0) is 13.0 Å². The minimum atomic E-state index is -0.307. The lowest BCUT2D eigenvalue weighted by atomic mass is 10.1. The average molecular weight is 373 g/mol. The predicted octanol–water partition coefficient (Wildman–Crippen LogP) is 4.71. The smallest absolute Gasteiger partial charge is 0.141 e. The topological polar surface area (TPSA) is 35.2 Å². The van der Waals surface area contributed by atoms with Gasteiger partial charge < -0.3 is 10.5 Å². The summed E-state index contributed by atoms with van der Waals surface area (Å²) in [5.41, 5.74) is 7.52. The van der Waals surface area contributed by atoms with Crippen LogP contribution in [0.1, 0.15) is 18.1 Å². The van der Waals surface area contributed by atoms with Crippen molar-refractivity contribution in [3.8, 4) is 5.75 Å². The van der Waals surface area contributed by atoms with Crippen molar-refractivity contribution in [3.05, 3.63) is 62.8 Å². The van der Waals surface area contributed by atoms with E-state index < -0.39 is 0 Å². The Bertz CT molecular complexity index is 613. The Morgan fingerprint density at radius 3 is 2.76 bits per heavy atom. The average Bonchev–Trinajstić information content (AvgIpc) is 2.36. The van der Waals surface area contributed by atoms with Gasteiger partial charge in [-0.1, -0.05) is 39.7 Å². The molecule has 0 aliphatic carbocycles. The standard InChI is InChI=1S/C16H16BrClFNO/c1-10(20)5-12-3-2-4-15(18)16(12)21-9-11-6-13(17)8-14(19)7-11/h2-4,6-8,10H,5,9,20H2,1H3. The second kappa shape index (κ2) is 7.25. The Hall–Kier alpha value is -1.10. The lowest BCUT2D eigenvalue weighted by molar-refractivity contribution is 0.302. The fourth-order valence-corrected chi connectivity index (χ4v) is 2.83. The van der Waals surface area contributed by atoms with Crippen LogP contribution in [0.5, 0.6) is 5.75 Å². The van der Waals surface area contributed by atoms with Crippen LogP contribution in [0, 0.1) is 5.82 Å². The summed E-state index contributed by atoms with van der Waals surface area (Å²) in [4.78, 5) is 0. The minimum absolute atomic E-state index is 0.00845. The zero-order valence-electron chi connectivity index (χ0n) is 11.6. The Morgan fingerprint density at radius 1 is 1.33 bits per heavy atom. The third kappa shape index (κ3) is 4.70. The Labute approximate surface area is 137 Å². The molecule has 0 aliphatic rings. The second-order valence-electron chi connectivity index (χ2n) is 4.98. The Kier molecular flexibility index (Phi) is 5.62. The summed E-state index contributed by atoms with van der Waals surface area (Å²) in [5.74, 6) is 0.301. The molecule has 0 aromatic heterocycles. The van der Waals surface area contributed by atoms with E-state index in [0.717, 1.165) is 11.1 Å². The maximum Gasteiger partial charge on any atom is 0.141 e. The number of rotatable bonds is 5. The van der Waals surface area contributed by atoms with E-state index in [0.29, 0.717) is 21.7 Å². The number of benzene rings is 2. The third-order valence-electron chi connectivity index (χ3n) is 2.90. The molecule has 2 rings (SSSR count). The number of ether oxygens (including phenoxy) is 1. The van der Waals surface area contributed by atoms with Gasteiger partial charge >= 0.3 is 0 Å². The van der Waals surface area contributed by atoms with Gasteiger partial charge in [-0.25, -0.2) is 4.39 Å². The van der Waals surface area contributed by atoms with Crippen LogP contribution in [0.15, 0.2) is 40.9 Å². The van der Waals surface area contributed by atoms with E-state index in [2.05, 4.69) is 15.9 Å². The fraction of sp³-hybridized carbons (Fsp3) is 0.250. The quantitative estimate of drug-likeness (QED) is 0.825. The first kappa shape index (κ1) is 16.3. The van der Waals surface area contributed by atoms with Gasteiger partial charge in [0.1, 0.15) is 18.2 Å². The first-order valence-electron chi connectivity index (χ1n) is 6.56. The highest BCUT2D eigenvalue weighted by Gasteiger charge is 2.11. The second-order valence-corrected chi connectivity index (χ2v) is 6.30. The molecule has 0 aliphatic heterocycles. The van der Waals surface area contributed by atoms with Crippen LogP contribution in [0.25, 0.3) is 0 Å². The van der Waals surface area contributed by atoms with E-state index in [4.69, 9.17) is 22.1 Å². The monoisotopic (exact) mass is 371 g/mol. The van der Waals surface area contributed by atoms with Gasteiger partial charge in [0, 0.05) is 10.5 Å². The summed E-state index contributed by atoms with van der Waals surface area (Å²) < 4.78 is 19.8. The van der Waals surface area contributed by atoms with E-state index in [1.54, 1.807) is 6.07 Å². The minimum Gasteiger partial charge on any atom is -0.487 e. The van der Waals surface area contributed by atoms with Crippen molar-refractivity contribution in [2.75, 3.05) is 0 Å². The molecule has 2 nitrogen and oxygen atoms in total. The first-order valence-corrected chi connectivity index (χ1v) is 7.73. The number of halogens is 3. The molecule has 0 radical (unpaired) electrons. The molecule has 0 amide bonds. The molecule has 2 N–H and O–H groups in total. The van der Waals surface area contributed by atoms with Crippen molar-refractivity contribution in [1.82, 2.24) is 0 Å². The van der Waals surface area contributed by atoms with Crippen molar-refractivity contribution >= 4 is 27.5 Å². The van der Waals surface area contributed by atoms with Crippen LogP contribution in [-0.4, -0.2) is 6.04 Å². The van der Waals surface area contributed by atoms with Crippen molar-refractivity contribution in [3.63, 3.8) is 0 Å². The van der Waals surface area contributed by atoms with Crippen LogP contribution in [0.3, 0.4) is 0 Å². The Morgan fingerprint density at radius 2 is 2.10 bits per heavy atom. The van der Waals surface area contributed by atoms with Gasteiger partial charge in [-0.3, -0.25) is 0 Å². The highest BCUT2D eigenvalue weighted by molar-refractivity contribution is 9.10. The molecule has 0 saturated carbocycles. The van der Waals surface area contributed by atoms with Gasteiger partial charge in [-0.05, 0) is 48.7 Å². The molecule has 0 saturated heterocycles. The number of hydrogen-bond acceptors (Lipinski definition) is 2. The van der Waals surface area contributed by atoms with Crippen LogP contribution < -0.4 is 10.5 Å². The number of nitrogens with two attached hydrogens (primary N) is 1. The Balaban J connectivity index is 2.19. The van der Waals surface area contributed by atoms with Crippen LogP contribution in [0.4, 0.5) is 4.39 Å². The molecule has 2 aromatic carbocycles. The zero-order chi connectivity index (χ0) is 15.4. The molecule has 112 valence electrons. The van der Waals surface area contributed by atoms with Gasteiger partial charge in [-0.15, -0.1) is 0 Å². The summed E-state index contributed by atoms with van der Waals surface area (Å²) >= 11 is 9.46. The molecule has 5 heteroatoms. The van der Waals surface area contributed by atoms with E-state index in [1.807, 2.05) is 25.1 Å². The maximum atomic E-state index is 13.4. The number of hydrogen-bond donors (Lipinski definition) is 1. The van der Waals surface area contributed by atoms with E-state index in [-0.39, 0.29) is 18.5 Å².